The molecule has 0 aliphatic rings. The predicted octanol–water partition coefficient (Wildman–Crippen LogP) is 4.20. The molecule has 21 heavy (non-hydrogen) atoms. The maximum Gasteiger partial charge on any atom is 0.128 e. The van der Waals surface area contributed by atoms with Gasteiger partial charge in [0.15, 0.2) is 0 Å². The quantitative estimate of drug-likeness (QED) is 0.764. The molecule has 1 heterocycles. The predicted molar refractivity (Wildman–Crippen MR) is 85.2 cm³/mol. The number of nitrogens with zero attached hydrogens (tertiary/aromatic N) is 1. The zero-order chi connectivity index (χ0) is 14.8. The number of rotatable bonds is 4. The average Bonchev–Trinajstić information content (AvgIpc) is 2.88. The molecule has 1 N–H and O–H groups in total. The molecule has 0 bridgehead atoms. The second-order valence-corrected chi connectivity index (χ2v) is 5.50. The summed E-state index contributed by atoms with van der Waals surface area (Å²) < 4.78 is 16.0. The molecule has 108 valence electrons. The Hall–Kier alpha value is -1.84. The standard InChI is InChI=1S/C17H16ClFN2/c1-20-10-13-4-2-3-12-7-8-21(17(12)13)11-14-9-15(18)5-6-16(14)19/h2-9,20H,10-11H2,1H3. The SMILES string of the molecule is CNCc1cccc2ccn(Cc3cc(Cl)ccc3F)c12. The second kappa shape index (κ2) is 5.88. The van der Waals surface area contributed by atoms with Crippen molar-refractivity contribution in [3.8, 4) is 0 Å². The third-order valence-corrected chi connectivity index (χ3v) is 3.82. The lowest BCUT2D eigenvalue weighted by atomic mass is 10.1. The van der Waals surface area contributed by atoms with Gasteiger partial charge in [-0.2, -0.15) is 0 Å². The van der Waals surface area contributed by atoms with E-state index < -0.39 is 0 Å². The Bertz CT molecular complexity index is 780. The first-order valence-corrected chi connectivity index (χ1v) is 7.22. The number of para-hydroxylation sites is 1. The molecule has 3 aromatic rings. The van der Waals surface area contributed by atoms with Crippen LogP contribution in [0.2, 0.25) is 5.02 Å². The van der Waals surface area contributed by atoms with Gasteiger partial charge >= 0.3 is 0 Å². The monoisotopic (exact) mass is 302 g/mol. The number of hydrogen-bond acceptors (Lipinski definition) is 1. The summed E-state index contributed by atoms with van der Waals surface area (Å²) >= 11 is 5.97. The molecule has 0 aliphatic heterocycles. The van der Waals surface area contributed by atoms with Crippen molar-refractivity contribution >= 4 is 22.5 Å². The van der Waals surface area contributed by atoms with Crippen molar-refractivity contribution in [2.45, 2.75) is 13.1 Å². The van der Waals surface area contributed by atoms with E-state index in [9.17, 15) is 4.39 Å². The van der Waals surface area contributed by atoms with Crippen LogP contribution in [0.4, 0.5) is 4.39 Å². The van der Waals surface area contributed by atoms with Crippen molar-refractivity contribution in [2.75, 3.05) is 7.05 Å². The van der Waals surface area contributed by atoms with Gasteiger partial charge < -0.3 is 9.88 Å². The fourth-order valence-electron chi connectivity index (χ4n) is 2.65. The molecule has 2 nitrogen and oxygen atoms in total. The molecular formula is C17H16ClFN2. The zero-order valence-corrected chi connectivity index (χ0v) is 12.5. The number of hydrogen-bond donors (Lipinski definition) is 1. The normalized spacial score (nSPS) is 11.2. The van der Waals surface area contributed by atoms with Crippen molar-refractivity contribution in [1.82, 2.24) is 9.88 Å². The first-order valence-electron chi connectivity index (χ1n) is 6.84. The number of nitrogens with one attached hydrogen (secondary N) is 1. The van der Waals surface area contributed by atoms with Gasteiger partial charge in [-0.1, -0.05) is 29.8 Å². The number of fused-ring (bicyclic) bond motifs is 1. The topological polar surface area (TPSA) is 17.0 Å². The molecule has 1 aromatic heterocycles. The molecule has 0 fully saturated rings. The van der Waals surface area contributed by atoms with Crippen LogP contribution in [-0.4, -0.2) is 11.6 Å². The minimum atomic E-state index is -0.229. The van der Waals surface area contributed by atoms with Gasteiger partial charge in [0.2, 0.25) is 0 Å². The maximum atomic E-state index is 13.9. The van der Waals surface area contributed by atoms with E-state index in [0.29, 0.717) is 17.1 Å². The van der Waals surface area contributed by atoms with Crippen LogP contribution in [0.5, 0.6) is 0 Å². The summed E-state index contributed by atoms with van der Waals surface area (Å²) in [6, 6.07) is 12.9. The molecule has 4 heteroatoms. The van der Waals surface area contributed by atoms with Crippen LogP contribution < -0.4 is 5.32 Å². The highest BCUT2D eigenvalue weighted by Gasteiger charge is 2.09. The van der Waals surface area contributed by atoms with Gasteiger partial charge in [-0.3, -0.25) is 0 Å². The molecular weight excluding hydrogens is 287 g/mol. The van der Waals surface area contributed by atoms with Crippen molar-refractivity contribution < 1.29 is 4.39 Å². The minimum Gasteiger partial charge on any atom is -0.343 e. The Morgan fingerprint density at radius 1 is 1.14 bits per heavy atom. The summed E-state index contributed by atoms with van der Waals surface area (Å²) in [4.78, 5) is 0. The smallest absolute Gasteiger partial charge is 0.128 e. The Balaban J connectivity index is 2.06. The molecule has 0 saturated heterocycles. The fraction of sp³-hybridized carbons (Fsp3) is 0.176. The highest BCUT2D eigenvalue weighted by atomic mass is 35.5. The van der Waals surface area contributed by atoms with Gasteiger partial charge in [0, 0.05) is 23.3 Å². The van der Waals surface area contributed by atoms with Crippen LogP contribution in [0.3, 0.4) is 0 Å². The van der Waals surface area contributed by atoms with E-state index in [1.165, 1.54) is 11.6 Å². The lowest BCUT2D eigenvalue weighted by Gasteiger charge is -2.11. The zero-order valence-electron chi connectivity index (χ0n) is 11.7. The Morgan fingerprint density at radius 2 is 2.00 bits per heavy atom. The van der Waals surface area contributed by atoms with Gasteiger partial charge in [0.1, 0.15) is 5.82 Å². The lowest BCUT2D eigenvalue weighted by Crippen LogP contribution is -2.08. The van der Waals surface area contributed by atoms with Crippen molar-refractivity contribution in [2.24, 2.45) is 0 Å². The van der Waals surface area contributed by atoms with E-state index in [4.69, 9.17) is 11.6 Å². The van der Waals surface area contributed by atoms with E-state index in [2.05, 4.69) is 28.1 Å². The minimum absolute atomic E-state index is 0.229. The molecule has 0 aliphatic carbocycles. The van der Waals surface area contributed by atoms with Gasteiger partial charge in [-0.25, -0.2) is 4.39 Å². The van der Waals surface area contributed by atoms with Crippen LogP contribution in [0.1, 0.15) is 11.1 Å². The van der Waals surface area contributed by atoms with E-state index in [-0.39, 0.29) is 5.82 Å². The van der Waals surface area contributed by atoms with E-state index in [0.717, 1.165) is 17.4 Å². The molecule has 0 spiro atoms. The van der Waals surface area contributed by atoms with Crippen molar-refractivity contribution in [1.29, 1.82) is 0 Å². The molecule has 2 aromatic carbocycles. The van der Waals surface area contributed by atoms with Crippen LogP contribution in [0, 0.1) is 5.82 Å². The first kappa shape index (κ1) is 14.1. The van der Waals surface area contributed by atoms with Crippen LogP contribution in [-0.2, 0) is 13.1 Å². The largest absolute Gasteiger partial charge is 0.343 e. The maximum absolute atomic E-state index is 13.9. The Labute approximate surface area is 128 Å². The molecule has 0 amide bonds. The first-order chi connectivity index (χ1) is 10.2. The van der Waals surface area contributed by atoms with Crippen LogP contribution in [0.25, 0.3) is 10.9 Å². The summed E-state index contributed by atoms with van der Waals surface area (Å²) in [6.07, 6.45) is 1.99. The van der Waals surface area contributed by atoms with E-state index in [1.54, 1.807) is 12.1 Å². The highest BCUT2D eigenvalue weighted by molar-refractivity contribution is 6.30. The summed E-state index contributed by atoms with van der Waals surface area (Å²) in [7, 11) is 1.92. The third-order valence-electron chi connectivity index (χ3n) is 3.59. The van der Waals surface area contributed by atoms with Gasteiger partial charge in [0.25, 0.3) is 0 Å². The Morgan fingerprint density at radius 3 is 2.81 bits per heavy atom. The van der Waals surface area contributed by atoms with E-state index in [1.807, 2.05) is 19.3 Å². The van der Waals surface area contributed by atoms with E-state index >= 15 is 0 Å². The summed E-state index contributed by atoms with van der Waals surface area (Å²) in [5.41, 5.74) is 2.92. The van der Waals surface area contributed by atoms with Crippen molar-refractivity contribution in [3.05, 3.63) is 70.6 Å². The molecule has 0 radical (unpaired) electrons. The average molecular weight is 303 g/mol. The lowest BCUT2D eigenvalue weighted by molar-refractivity contribution is 0.602. The second-order valence-electron chi connectivity index (χ2n) is 5.06. The van der Waals surface area contributed by atoms with Crippen LogP contribution in [0.15, 0.2) is 48.7 Å². The molecule has 0 atom stereocenters. The number of benzene rings is 2. The molecule has 3 rings (SSSR count). The number of aromatic nitrogens is 1. The molecule has 0 unspecified atom stereocenters. The van der Waals surface area contributed by atoms with Crippen molar-refractivity contribution in [3.63, 3.8) is 0 Å². The highest BCUT2D eigenvalue weighted by Crippen LogP contribution is 2.23. The fourth-order valence-corrected chi connectivity index (χ4v) is 2.85. The third kappa shape index (κ3) is 2.80. The van der Waals surface area contributed by atoms with Crippen LogP contribution >= 0.6 is 11.6 Å². The van der Waals surface area contributed by atoms with Gasteiger partial charge in [0.05, 0.1) is 12.1 Å². The Kier molecular flexibility index (Phi) is 3.95. The number of halogens is 2. The summed E-state index contributed by atoms with van der Waals surface area (Å²) in [5, 5.41) is 4.88. The van der Waals surface area contributed by atoms with Gasteiger partial charge in [-0.05, 0) is 42.3 Å². The summed E-state index contributed by atoms with van der Waals surface area (Å²) in [6.45, 7) is 1.25. The van der Waals surface area contributed by atoms with Gasteiger partial charge in [-0.15, -0.1) is 0 Å². The molecule has 0 saturated carbocycles. The summed E-state index contributed by atoms with van der Waals surface area (Å²) in [5.74, 6) is -0.229.